The van der Waals surface area contributed by atoms with E-state index < -0.39 is 40.1 Å². The molecule has 10 nitrogen and oxygen atoms in total. The van der Waals surface area contributed by atoms with Crippen LogP contribution in [0.4, 0.5) is 11.4 Å². The summed E-state index contributed by atoms with van der Waals surface area (Å²) in [6, 6.07) is 1.94. The van der Waals surface area contributed by atoms with E-state index in [1.165, 1.54) is 0 Å². The van der Waals surface area contributed by atoms with Gasteiger partial charge in [-0.1, -0.05) is 0 Å². The highest BCUT2D eigenvalue weighted by Crippen LogP contribution is 2.22. The molecular weight excluding hydrogens is 298 g/mol. The van der Waals surface area contributed by atoms with Crippen LogP contribution in [0, 0.1) is 10.1 Å². The van der Waals surface area contributed by atoms with Gasteiger partial charge in [-0.25, -0.2) is 4.79 Å². The Bertz CT molecular complexity index is 629. The molecule has 1 atom stereocenters. The third kappa shape index (κ3) is 4.52. The van der Waals surface area contributed by atoms with E-state index in [0.29, 0.717) is 0 Å². The normalized spacial score (nSPS) is 11.5. The van der Waals surface area contributed by atoms with Crippen LogP contribution in [0.3, 0.4) is 0 Å². The van der Waals surface area contributed by atoms with E-state index in [1.54, 1.807) is 0 Å². The standard InChI is InChI=1S/C12H13N3O7/c13-8(2-4-10(16)17)11(18)14-6-1-3-9(15(21)22)7(5-6)12(19)20/h1,3,5,8H,2,4,13H2,(H,14,18)(H,16,17)(H,19,20)/t8-/m0/s1. The highest BCUT2D eigenvalue weighted by molar-refractivity contribution is 5.98. The molecule has 10 heteroatoms. The molecule has 0 aliphatic carbocycles. The molecule has 0 bridgehead atoms. The number of nitrogens with two attached hydrogens (primary N) is 1. The average Bonchev–Trinajstić information content (AvgIpc) is 2.44. The molecule has 118 valence electrons. The van der Waals surface area contributed by atoms with Gasteiger partial charge in [0.2, 0.25) is 5.91 Å². The molecule has 1 aromatic carbocycles. The summed E-state index contributed by atoms with van der Waals surface area (Å²) in [5.41, 5.74) is 4.31. The summed E-state index contributed by atoms with van der Waals surface area (Å²) in [4.78, 5) is 42.9. The van der Waals surface area contributed by atoms with Crippen molar-refractivity contribution in [1.29, 1.82) is 0 Å². The number of carbonyl (C=O) groups excluding carboxylic acids is 1. The molecular formula is C12H13N3O7. The molecule has 1 rings (SSSR count). The van der Waals surface area contributed by atoms with Crippen LogP contribution < -0.4 is 11.1 Å². The molecule has 0 saturated heterocycles. The van der Waals surface area contributed by atoms with Gasteiger partial charge in [-0.15, -0.1) is 0 Å². The lowest BCUT2D eigenvalue weighted by molar-refractivity contribution is -0.385. The predicted octanol–water partition coefficient (Wildman–Crippen LogP) is 0.424. The van der Waals surface area contributed by atoms with Crippen LogP contribution >= 0.6 is 0 Å². The van der Waals surface area contributed by atoms with E-state index in [4.69, 9.17) is 15.9 Å². The van der Waals surface area contributed by atoms with E-state index in [9.17, 15) is 24.5 Å². The largest absolute Gasteiger partial charge is 0.481 e. The number of nitro benzene ring substituents is 1. The summed E-state index contributed by atoms with van der Waals surface area (Å²) in [7, 11) is 0. The third-order valence-corrected chi connectivity index (χ3v) is 2.70. The lowest BCUT2D eigenvalue weighted by atomic mass is 10.1. The van der Waals surface area contributed by atoms with Crippen molar-refractivity contribution in [2.45, 2.75) is 18.9 Å². The van der Waals surface area contributed by atoms with Crippen LogP contribution in [0.5, 0.6) is 0 Å². The maximum absolute atomic E-state index is 11.7. The topological polar surface area (TPSA) is 173 Å². The molecule has 0 fully saturated rings. The van der Waals surface area contributed by atoms with Crippen LogP contribution in [0.15, 0.2) is 18.2 Å². The van der Waals surface area contributed by atoms with Crippen molar-refractivity contribution in [3.63, 3.8) is 0 Å². The molecule has 22 heavy (non-hydrogen) atoms. The number of carbonyl (C=O) groups is 3. The number of aliphatic carboxylic acids is 1. The SMILES string of the molecule is N[C@@H](CCC(=O)O)C(=O)Nc1ccc([N+](=O)[O-])c(C(=O)O)c1. The van der Waals surface area contributed by atoms with Crippen LogP contribution in [0.2, 0.25) is 0 Å². The maximum Gasteiger partial charge on any atom is 0.342 e. The number of rotatable bonds is 7. The van der Waals surface area contributed by atoms with Gasteiger partial charge >= 0.3 is 11.9 Å². The van der Waals surface area contributed by atoms with E-state index in [0.717, 1.165) is 18.2 Å². The first-order chi connectivity index (χ1) is 10.2. The Balaban J connectivity index is 2.88. The highest BCUT2D eigenvalue weighted by Gasteiger charge is 2.21. The number of nitrogens with zero attached hydrogens (tertiary/aromatic N) is 1. The quantitative estimate of drug-likeness (QED) is 0.414. The van der Waals surface area contributed by atoms with Gasteiger partial charge in [-0.05, 0) is 18.6 Å². The first-order valence-corrected chi connectivity index (χ1v) is 6.02. The van der Waals surface area contributed by atoms with Crippen molar-refractivity contribution >= 4 is 29.2 Å². The van der Waals surface area contributed by atoms with Crippen LogP contribution in [0.25, 0.3) is 0 Å². The Morgan fingerprint density at radius 1 is 1.32 bits per heavy atom. The van der Waals surface area contributed by atoms with Gasteiger partial charge < -0.3 is 21.3 Å². The second-order valence-corrected chi connectivity index (χ2v) is 4.32. The number of nitro groups is 1. The minimum atomic E-state index is -1.52. The maximum atomic E-state index is 11.7. The number of benzene rings is 1. The fourth-order valence-electron chi connectivity index (χ4n) is 1.59. The molecule has 0 heterocycles. The van der Waals surface area contributed by atoms with E-state index in [1.807, 2.05) is 0 Å². The predicted molar refractivity (Wildman–Crippen MR) is 73.5 cm³/mol. The molecule has 0 unspecified atom stereocenters. The summed E-state index contributed by atoms with van der Waals surface area (Å²) in [6.45, 7) is 0. The second kappa shape index (κ2) is 7.13. The van der Waals surface area contributed by atoms with Gasteiger partial charge in [-0.3, -0.25) is 19.7 Å². The Morgan fingerprint density at radius 2 is 1.95 bits per heavy atom. The highest BCUT2D eigenvalue weighted by atomic mass is 16.6. The average molecular weight is 311 g/mol. The van der Waals surface area contributed by atoms with Crippen molar-refractivity contribution in [2.24, 2.45) is 5.73 Å². The number of aromatic carboxylic acids is 1. The minimum absolute atomic E-state index is 0.0128. The van der Waals surface area contributed by atoms with Gasteiger partial charge in [0, 0.05) is 18.2 Å². The van der Waals surface area contributed by atoms with Crippen molar-refractivity contribution in [2.75, 3.05) is 5.32 Å². The summed E-state index contributed by atoms with van der Waals surface area (Å²) in [5, 5.41) is 30.4. The van der Waals surface area contributed by atoms with Gasteiger partial charge in [0.15, 0.2) is 0 Å². The zero-order chi connectivity index (χ0) is 16.9. The molecule has 0 spiro atoms. The van der Waals surface area contributed by atoms with E-state index >= 15 is 0 Å². The molecule has 1 amide bonds. The minimum Gasteiger partial charge on any atom is -0.481 e. The lowest BCUT2D eigenvalue weighted by Crippen LogP contribution is -2.36. The van der Waals surface area contributed by atoms with Crippen molar-refractivity contribution < 1.29 is 29.5 Å². The van der Waals surface area contributed by atoms with Crippen LogP contribution in [-0.4, -0.2) is 39.0 Å². The number of carboxylic acid groups (broad SMARTS) is 2. The smallest absolute Gasteiger partial charge is 0.342 e. The van der Waals surface area contributed by atoms with E-state index in [2.05, 4.69) is 5.32 Å². The number of hydrogen-bond acceptors (Lipinski definition) is 6. The lowest BCUT2D eigenvalue weighted by Gasteiger charge is -2.11. The van der Waals surface area contributed by atoms with E-state index in [-0.39, 0.29) is 18.5 Å². The number of hydrogen-bond donors (Lipinski definition) is 4. The molecule has 0 saturated carbocycles. The number of amides is 1. The fraction of sp³-hybridized carbons (Fsp3) is 0.250. The Labute approximate surface area is 123 Å². The first kappa shape index (κ1) is 17.0. The van der Waals surface area contributed by atoms with Crippen molar-refractivity contribution in [1.82, 2.24) is 0 Å². The number of carboxylic acids is 2. The Morgan fingerprint density at radius 3 is 2.45 bits per heavy atom. The zero-order valence-electron chi connectivity index (χ0n) is 11.2. The van der Waals surface area contributed by atoms with Gasteiger partial charge in [0.05, 0.1) is 11.0 Å². The molecule has 0 aliphatic heterocycles. The molecule has 0 aliphatic rings. The van der Waals surface area contributed by atoms with Crippen LogP contribution in [0.1, 0.15) is 23.2 Å². The molecule has 0 aromatic heterocycles. The molecule has 1 aromatic rings. The summed E-state index contributed by atoms with van der Waals surface area (Å²) in [5.74, 6) is -3.34. The van der Waals surface area contributed by atoms with Crippen molar-refractivity contribution in [3.8, 4) is 0 Å². The Hall–Kier alpha value is -3.01. The van der Waals surface area contributed by atoms with Gasteiger partial charge in [0.1, 0.15) is 5.56 Å². The summed E-state index contributed by atoms with van der Waals surface area (Å²) < 4.78 is 0. The van der Waals surface area contributed by atoms with Gasteiger partial charge in [0.25, 0.3) is 5.69 Å². The molecule has 5 N–H and O–H groups in total. The zero-order valence-corrected chi connectivity index (χ0v) is 11.2. The monoisotopic (exact) mass is 311 g/mol. The fourth-order valence-corrected chi connectivity index (χ4v) is 1.59. The van der Waals surface area contributed by atoms with Gasteiger partial charge in [-0.2, -0.15) is 0 Å². The summed E-state index contributed by atoms with van der Waals surface area (Å²) >= 11 is 0. The summed E-state index contributed by atoms with van der Waals surface area (Å²) in [6.07, 6.45) is -0.394. The molecule has 0 radical (unpaired) electrons. The number of anilines is 1. The van der Waals surface area contributed by atoms with Crippen molar-refractivity contribution in [3.05, 3.63) is 33.9 Å². The van der Waals surface area contributed by atoms with Crippen LogP contribution in [-0.2, 0) is 9.59 Å². The number of nitrogens with one attached hydrogen (secondary N) is 1. The Kier molecular flexibility index (Phi) is 5.52. The third-order valence-electron chi connectivity index (χ3n) is 2.70. The second-order valence-electron chi connectivity index (χ2n) is 4.32. The first-order valence-electron chi connectivity index (χ1n) is 6.02.